The number of benzene rings is 2. The summed E-state index contributed by atoms with van der Waals surface area (Å²) in [6.45, 7) is 10.5. The van der Waals surface area contributed by atoms with E-state index in [1.165, 1.54) is 29.9 Å². The van der Waals surface area contributed by atoms with E-state index < -0.39 is 29.8 Å². The first-order valence-corrected chi connectivity index (χ1v) is 15.1. The second-order valence-corrected chi connectivity index (χ2v) is 11.2. The number of aromatic nitrogens is 1. The molecule has 0 aliphatic carbocycles. The van der Waals surface area contributed by atoms with Gasteiger partial charge in [-0.1, -0.05) is 36.4 Å². The molecule has 9 heteroatoms. The number of unbranched alkanes of at least 4 members (excludes halogenated alkanes) is 1. The second kappa shape index (κ2) is 17.1. The summed E-state index contributed by atoms with van der Waals surface area (Å²) in [4.78, 5) is 41.3. The second-order valence-electron chi connectivity index (χ2n) is 11.2. The molecule has 0 bridgehead atoms. The van der Waals surface area contributed by atoms with E-state index in [1.54, 1.807) is 37.4 Å². The Morgan fingerprint density at radius 2 is 1.89 bits per heavy atom. The Morgan fingerprint density at radius 3 is 2.58 bits per heavy atom. The topological polar surface area (TPSA) is 89.9 Å². The van der Waals surface area contributed by atoms with Crippen molar-refractivity contribution in [2.45, 2.75) is 51.1 Å². The third-order valence-electron chi connectivity index (χ3n) is 7.44. The molecular formula is C36H44FN3O5. The first kappa shape index (κ1) is 35.0. The number of hydrogen-bond acceptors (Lipinski definition) is 6. The lowest BCUT2D eigenvalue weighted by Gasteiger charge is -2.24. The molecule has 0 saturated heterocycles. The largest absolute Gasteiger partial charge is 0.493 e. The van der Waals surface area contributed by atoms with Crippen LogP contribution in [0.15, 0.2) is 84.8 Å². The maximum Gasteiger partial charge on any atom is 0.307 e. The molecule has 0 saturated carbocycles. The molecule has 1 N–H and O–H groups in total. The lowest BCUT2D eigenvalue weighted by Crippen LogP contribution is -2.39. The van der Waals surface area contributed by atoms with Crippen LogP contribution in [0.25, 0.3) is 11.1 Å². The molecule has 0 spiro atoms. The third kappa shape index (κ3) is 10.0. The van der Waals surface area contributed by atoms with Crippen LogP contribution in [0.4, 0.5) is 4.39 Å². The highest BCUT2D eigenvalue weighted by atomic mass is 19.1. The van der Waals surface area contributed by atoms with Crippen molar-refractivity contribution in [1.29, 1.82) is 0 Å². The van der Waals surface area contributed by atoms with Crippen LogP contribution in [0, 0.1) is 12.7 Å². The van der Waals surface area contributed by atoms with Crippen molar-refractivity contribution in [3.05, 3.63) is 113 Å². The molecule has 3 rings (SSSR count). The first-order valence-electron chi connectivity index (χ1n) is 15.1. The van der Waals surface area contributed by atoms with Crippen molar-refractivity contribution in [3.8, 4) is 16.9 Å². The Balaban J connectivity index is 1.99. The molecule has 0 fully saturated rings. The van der Waals surface area contributed by atoms with Gasteiger partial charge >= 0.3 is 5.97 Å². The Hall–Kier alpha value is -4.50. The molecule has 3 aromatic rings. The number of carbonyl (C=O) groups is 2. The predicted molar refractivity (Wildman–Crippen MR) is 176 cm³/mol. The minimum Gasteiger partial charge on any atom is -0.493 e. The number of allylic oxidation sites excluding steroid dienone is 2. The number of methoxy groups -OCH3 is 1. The van der Waals surface area contributed by atoms with Gasteiger partial charge in [-0.15, -0.1) is 13.2 Å². The predicted octanol–water partition coefficient (Wildman–Crippen LogP) is 5.95. The number of nitrogens with zero attached hydrogens (tertiary/aromatic N) is 2. The zero-order valence-electron chi connectivity index (χ0n) is 26.7. The highest BCUT2D eigenvalue weighted by Crippen LogP contribution is 2.36. The number of rotatable bonds is 17. The Kier molecular flexibility index (Phi) is 13.3. The Labute approximate surface area is 265 Å². The molecule has 2 atom stereocenters. The van der Waals surface area contributed by atoms with E-state index in [9.17, 15) is 18.8 Å². The van der Waals surface area contributed by atoms with E-state index in [4.69, 9.17) is 9.47 Å². The van der Waals surface area contributed by atoms with E-state index >= 15 is 0 Å². The lowest BCUT2D eigenvalue weighted by atomic mass is 9.94. The van der Waals surface area contributed by atoms with Crippen LogP contribution in [0.2, 0.25) is 0 Å². The van der Waals surface area contributed by atoms with E-state index in [0.717, 1.165) is 30.5 Å². The van der Waals surface area contributed by atoms with Gasteiger partial charge in [0.1, 0.15) is 17.6 Å². The molecule has 0 aliphatic heterocycles. The number of nitrogens with one attached hydrogen (secondary N) is 1. The molecular weight excluding hydrogens is 573 g/mol. The van der Waals surface area contributed by atoms with Gasteiger partial charge in [0.2, 0.25) is 5.91 Å². The molecule has 240 valence electrons. The SMILES string of the molecule is C=CCCCOc1cc(F)cc(C)c1-c1cccc([C@H](CC(=O)OC)NC(=O)[C@H](CC=C)n2cc(CCN(C)C)ccc2=O)c1. The number of pyridine rings is 1. The molecule has 1 aromatic heterocycles. The fraction of sp³-hybridized carbons (Fsp3) is 0.361. The van der Waals surface area contributed by atoms with Crippen LogP contribution in [0.5, 0.6) is 5.75 Å². The summed E-state index contributed by atoms with van der Waals surface area (Å²) < 4.78 is 26.8. The normalized spacial score (nSPS) is 12.3. The quantitative estimate of drug-likeness (QED) is 0.114. The third-order valence-corrected chi connectivity index (χ3v) is 7.44. The summed E-state index contributed by atoms with van der Waals surface area (Å²) in [5.41, 5.74) is 3.37. The molecule has 0 radical (unpaired) electrons. The molecule has 0 aliphatic rings. The van der Waals surface area contributed by atoms with Crippen molar-refractivity contribution in [3.63, 3.8) is 0 Å². The van der Waals surface area contributed by atoms with E-state index in [1.807, 2.05) is 37.2 Å². The van der Waals surface area contributed by atoms with Gasteiger partial charge in [0, 0.05) is 30.4 Å². The molecule has 45 heavy (non-hydrogen) atoms. The summed E-state index contributed by atoms with van der Waals surface area (Å²) in [6, 6.07) is 11.7. The van der Waals surface area contributed by atoms with Gasteiger partial charge < -0.3 is 24.3 Å². The highest BCUT2D eigenvalue weighted by molar-refractivity contribution is 5.82. The van der Waals surface area contributed by atoms with Gasteiger partial charge in [0.05, 0.1) is 26.2 Å². The number of carbonyl (C=O) groups excluding carboxylic acids is 2. The number of ether oxygens (including phenoxy) is 2. The van der Waals surface area contributed by atoms with Crippen LogP contribution in [0.3, 0.4) is 0 Å². The Morgan fingerprint density at radius 1 is 1.11 bits per heavy atom. The molecule has 1 amide bonds. The summed E-state index contributed by atoms with van der Waals surface area (Å²) >= 11 is 0. The van der Waals surface area contributed by atoms with Crippen LogP contribution in [-0.2, 0) is 20.7 Å². The van der Waals surface area contributed by atoms with E-state index in [2.05, 4.69) is 18.5 Å². The van der Waals surface area contributed by atoms with E-state index in [0.29, 0.717) is 35.5 Å². The van der Waals surface area contributed by atoms with Gasteiger partial charge in [-0.25, -0.2) is 4.39 Å². The number of aryl methyl sites for hydroxylation is 1. The minimum atomic E-state index is -0.882. The molecule has 2 aromatic carbocycles. The lowest BCUT2D eigenvalue weighted by molar-refractivity contribution is -0.141. The first-order chi connectivity index (χ1) is 21.6. The number of halogens is 1. The maximum absolute atomic E-state index is 14.4. The van der Waals surface area contributed by atoms with Crippen molar-refractivity contribution in [2.75, 3.05) is 34.4 Å². The van der Waals surface area contributed by atoms with Gasteiger partial charge in [-0.05, 0) is 81.1 Å². The summed E-state index contributed by atoms with van der Waals surface area (Å²) in [5, 5.41) is 2.99. The fourth-order valence-corrected chi connectivity index (χ4v) is 5.09. The molecule has 8 nitrogen and oxygen atoms in total. The average molecular weight is 618 g/mol. The van der Waals surface area contributed by atoms with Gasteiger partial charge in [0.25, 0.3) is 5.56 Å². The van der Waals surface area contributed by atoms with Crippen LogP contribution < -0.4 is 15.6 Å². The standard InChI is InChI=1S/C36H44FN3O5/c1-7-9-10-19-45-32-22-29(37)20-25(3)35(32)28-14-11-13-27(21-28)30(23-34(42)44-6)38-36(43)31(12-8-2)40-24-26(15-16-33(40)41)17-18-39(4)5/h7-8,11,13-16,20-22,24,30-31H,1-2,9-10,12,17-19,23H2,3-6H3,(H,38,43)/t30-,31-/m0/s1. The van der Waals surface area contributed by atoms with Crippen molar-refractivity contribution in [2.24, 2.45) is 0 Å². The number of hydrogen-bond donors (Lipinski definition) is 1. The van der Waals surface area contributed by atoms with Crippen molar-refractivity contribution < 1.29 is 23.5 Å². The van der Waals surface area contributed by atoms with Crippen LogP contribution in [0.1, 0.15) is 54.5 Å². The summed E-state index contributed by atoms with van der Waals surface area (Å²) in [7, 11) is 5.22. The number of likely N-dealkylation sites (N-methyl/N-ethyl adjacent to an activating group) is 1. The zero-order chi connectivity index (χ0) is 32.9. The smallest absolute Gasteiger partial charge is 0.307 e. The average Bonchev–Trinajstić information content (AvgIpc) is 3.01. The van der Waals surface area contributed by atoms with Crippen LogP contribution in [-0.4, -0.2) is 55.7 Å². The summed E-state index contributed by atoms with van der Waals surface area (Å²) in [5.74, 6) is -0.957. The molecule has 0 unspecified atom stereocenters. The molecule has 1 heterocycles. The van der Waals surface area contributed by atoms with Crippen LogP contribution >= 0.6 is 0 Å². The fourth-order valence-electron chi connectivity index (χ4n) is 5.09. The van der Waals surface area contributed by atoms with Crippen molar-refractivity contribution in [1.82, 2.24) is 14.8 Å². The van der Waals surface area contributed by atoms with Gasteiger partial charge in [0.15, 0.2) is 0 Å². The zero-order valence-corrected chi connectivity index (χ0v) is 26.7. The van der Waals surface area contributed by atoms with Gasteiger partial charge in [-0.3, -0.25) is 14.4 Å². The minimum absolute atomic E-state index is 0.141. The maximum atomic E-state index is 14.4. The highest BCUT2D eigenvalue weighted by Gasteiger charge is 2.26. The summed E-state index contributed by atoms with van der Waals surface area (Å²) in [6.07, 6.45) is 7.38. The van der Waals surface area contributed by atoms with Gasteiger partial charge in [-0.2, -0.15) is 0 Å². The number of esters is 1. The Bertz CT molecular complexity index is 1550. The van der Waals surface area contributed by atoms with Crippen molar-refractivity contribution >= 4 is 11.9 Å². The monoisotopic (exact) mass is 617 g/mol. The number of amides is 1. The van der Waals surface area contributed by atoms with E-state index in [-0.39, 0.29) is 18.4 Å².